The first kappa shape index (κ1) is 21.0. The number of nitrogens with zero attached hydrogens (tertiary/aromatic N) is 5. The molecule has 2 fully saturated rings. The van der Waals surface area contributed by atoms with Gasteiger partial charge in [-0.25, -0.2) is 4.99 Å². The number of guanidine groups is 1. The first-order valence-electron chi connectivity index (χ1n) is 10.8. The Morgan fingerprint density at radius 3 is 2.61 bits per heavy atom. The average Bonchev–Trinajstić information content (AvgIpc) is 2.98. The number of hydrogen-bond donors (Lipinski definition) is 2. The predicted octanol–water partition coefficient (Wildman–Crippen LogP) is 1.60. The molecule has 3 rings (SSSR count). The van der Waals surface area contributed by atoms with Crippen LogP contribution in [0.3, 0.4) is 0 Å². The summed E-state index contributed by atoms with van der Waals surface area (Å²) in [5.41, 5.74) is 0. The van der Waals surface area contributed by atoms with E-state index in [9.17, 15) is 0 Å². The highest BCUT2D eigenvalue weighted by Gasteiger charge is 2.36. The van der Waals surface area contributed by atoms with Gasteiger partial charge < -0.3 is 24.8 Å². The Morgan fingerprint density at radius 2 is 1.96 bits per heavy atom. The summed E-state index contributed by atoms with van der Waals surface area (Å²) >= 11 is 0. The third kappa shape index (κ3) is 5.44. The van der Waals surface area contributed by atoms with E-state index in [1.54, 1.807) is 0 Å². The molecule has 1 aromatic rings. The molecule has 2 aliphatic rings. The van der Waals surface area contributed by atoms with Crippen LogP contribution >= 0.6 is 0 Å². The van der Waals surface area contributed by atoms with E-state index < -0.39 is 0 Å². The van der Waals surface area contributed by atoms with Crippen molar-refractivity contribution in [2.75, 3.05) is 26.8 Å². The molecule has 2 unspecified atom stereocenters. The summed E-state index contributed by atoms with van der Waals surface area (Å²) in [6.07, 6.45) is 7.35. The molecule has 0 aromatic carbocycles. The molecule has 0 aliphatic carbocycles. The minimum absolute atomic E-state index is 0.478. The van der Waals surface area contributed by atoms with Crippen LogP contribution in [0, 0.1) is 6.92 Å². The molecule has 2 aliphatic heterocycles. The van der Waals surface area contributed by atoms with E-state index >= 15 is 0 Å². The molecule has 2 bridgehead atoms. The first-order chi connectivity index (χ1) is 13.6. The number of aliphatic imine (C=N–C) groups is 1. The maximum absolute atomic E-state index is 5.45. The van der Waals surface area contributed by atoms with Crippen molar-refractivity contribution in [2.45, 2.75) is 77.0 Å². The zero-order valence-electron chi connectivity index (χ0n) is 17.9. The van der Waals surface area contributed by atoms with Crippen LogP contribution in [0.1, 0.15) is 57.1 Å². The molecular weight excluding hydrogens is 354 g/mol. The molecule has 3 heterocycles. The van der Waals surface area contributed by atoms with Crippen LogP contribution in [0.5, 0.6) is 0 Å². The molecule has 0 amide bonds. The van der Waals surface area contributed by atoms with Crippen LogP contribution in [0.25, 0.3) is 0 Å². The Bertz CT molecular complexity index is 630. The highest BCUT2D eigenvalue weighted by atomic mass is 16.5. The lowest BCUT2D eigenvalue weighted by atomic mass is 9.82. The second-order valence-corrected chi connectivity index (χ2v) is 8.08. The number of aryl methyl sites for hydroxylation is 1. The third-order valence-electron chi connectivity index (χ3n) is 6.20. The lowest BCUT2D eigenvalue weighted by Crippen LogP contribution is -2.56. The summed E-state index contributed by atoms with van der Waals surface area (Å²) in [5, 5.41) is 15.6. The zero-order chi connectivity index (χ0) is 19.9. The van der Waals surface area contributed by atoms with Crippen molar-refractivity contribution in [3.8, 4) is 0 Å². The lowest BCUT2D eigenvalue weighted by Gasteiger charge is -2.47. The summed E-state index contributed by atoms with van der Waals surface area (Å²) in [6.45, 7) is 6.91. The monoisotopic (exact) mass is 391 g/mol. The molecule has 0 spiro atoms. The number of rotatable bonds is 8. The Kier molecular flexibility index (Phi) is 7.67. The fourth-order valence-corrected chi connectivity index (χ4v) is 4.34. The van der Waals surface area contributed by atoms with Crippen molar-refractivity contribution < 1.29 is 4.74 Å². The van der Waals surface area contributed by atoms with Crippen molar-refractivity contribution in [2.24, 2.45) is 12.0 Å². The summed E-state index contributed by atoms with van der Waals surface area (Å²) < 4.78 is 7.44. The average molecular weight is 392 g/mol. The van der Waals surface area contributed by atoms with E-state index in [0.717, 1.165) is 43.8 Å². The van der Waals surface area contributed by atoms with Crippen LogP contribution in [-0.2, 0) is 18.3 Å². The molecule has 2 atom stereocenters. The number of fused-ring (bicyclic) bond motifs is 2. The number of nitrogens with one attached hydrogen (secondary N) is 2. The molecule has 8 heteroatoms. The van der Waals surface area contributed by atoms with Gasteiger partial charge in [0, 0.05) is 44.9 Å². The lowest BCUT2D eigenvalue weighted by molar-refractivity contribution is 0.0526. The van der Waals surface area contributed by atoms with Gasteiger partial charge in [-0.1, -0.05) is 6.42 Å². The van der Waals surface area contributed by atoms with Gasteiger partial charge in [-0.15, -0.1) is 10.2 Å². The van der Waals surface area contributed by atoms with E-state index in [2.05, 4.69) is 32.8 Å². The highest BCUT2D eigenvalue weighted by Crippen LogP contribution is 2.32. The maximum Gasteiger partial charge on any atom is 0.191 e. The van der Waals surface area contributed by atoms with Crippen molar-refractivity contribution in [1.29, 1.82) is 0 Å². The number of piperidine rings is 2. The Balaban J connectivity index is 1.60. The van der Waals surface area contributed by atoms with Gasteiger partial charge in [-0.3, -0.25) is 0 Å². The Morgan fingerprint density at radius 1 is 1.21 bits per heavy atom. The zero-order valence-corrected chi connectivity index (χ0v) is 17.9. The number of hydrogen-bond acceptors (Lipinski definition) is 5. The van der Waals surface area contributed by atoms with Gasteiger partial charge in [0.1, 0.15) is 12.4 Å². The Hall–Kier alpha value is -1.67. The normalized spacial score (nSPS) is 25.7. The topological polar surface area (TPSA) is 79.6 Å². The molecular formula is C20H37N7O. The van der Waals surface area contributed by atoms with Crippen molar-refractivity contribution in [3.63, 3.8) is 0 Å². The second-order valence-electron chi connectivity index (χ2n) is 8.08. The molecule has 1 aromatic heterocycles. The summed E-state index contributed by atoms with van der Waals surface area (Å²) in [4.78, 5) is 7.40. The van der Waals surface area contributed by atoms with Crippen molar-refractivity contribution in [3.05, 3.63) is 11.6 Å². The van der Waals surface area contributed by atoms with Crippen molar-refractivity contribution >= 4 is 5.96 Å². The summed E-state index contributed by atoms with van der Waals surface area (Å²) in [5.74, 6) is 2.67. The maximum atomic E-state index is 5.45. The molecule has 2 N–H and O–H groups in total. The van der Waals surface area contributed by atoms with Gasteiger partial charge in [0.15, 0.2) is 11.8 Å². The fourth-order valence-electron chi connectivity index (χ4n) is 4.34. The minimum atomic E-state index is 0.478. The smallest absolute Gasteiger partial charge is 0.191 e. The van der Waals surface area contributed by atoms with Crippen LogP contribution in [0.15, 0.2) is 4.99 Å². The third-order valence-corrected chi connectivity index (χ3v) is 6.20. The van der Waals surface area contributed by atoms with Gasteiger partial charge in [-0.2, -0.15) is 0 Å². The van der Waals surface area contributed by atoms with E-state index in [1.165, 1.54) is 32.1 Å². The molecule has 28 heavy (non-hydrogen) atoms. The van der Waals surface area contributed by atoms with E-state index in [4.69, 9.17) is 9.73 Å². The quantitative estimate of drug-likeness (QED) is 0.398. The molecule has 2 saturated heterocycles. The van der Waals surface area contributed by atoms with Gasteiger partial charge >= 0.3 is 0 Å². The van der Waals surface area contributed by atoms with Crippen LogP contribution < -0.4 is 10.6 Å². The number of aromatic nitrogens is 3. The fraction of sp³-hybridized carbons (Fsp3) is 0.850. The highest BCUT2D eigenvalue weighted by molar-refractivity contribution is 5.80. The Labute approximate surface area is 169 Å². The van der Waals surface area contributed by atoms with Crippen LogP contribution in [0.4, 0.5) is 0 Å². The molecule has 8 nitrogen and oxygen atoms in total. The molecule has 0 radical (unpaired) electrons. The van der Waals surface area contributed by atoms with Crippen LogP contribution in [-0.4, -0.2) is 70.6 Å². The van der Waals surface area contributed by atoms with Gasteiger partial charge in [0.2, 0.25) is 0 Å². The minimum Gasteiger partial charge on any atom is -0.382 e. The van der Waals surface area contributed by atoms with Crippen LogP contribution in [0.2, 0.25) is 0 Å². The molecule has 158 valence electrons. The summed E-state index contributed by atoms with van der Waals surface area (Å²) in [7, 11) is 4.28. The van der Waals surface area contributed by atoms with Crippen molar-refractivity contribution in [1.82, 2.24) is 30.3 Å². The SMILES string of the molecule is CCOCCCNC(=NCc1nnc(C)n1C)NC1CC2CCCC(C1)N2C. The van der Waals surface area contributed by atoms with E-state index in [1.807, 2.05) is 25.5 Å². The van der Waals surface area contributed by atoms with E-state index in [-0.39, 0.29) is 0 Å². The van der Waals surface area contributed by atoms with E-state index in [0.29, 0.717) is 24.7 Å². The second kappa shape index (κ2) is 10.2. The van der Waals surface area contributed by atoms with Gasteiger partial charge in [-0.05, 0) is 53.0 Å². The number of ether oxygens (including phenoxy) is 1. The van der Waals surface area contributed by atoms with Gasteiger partial charge in [0.25, 0.3) is 0 Å². The molecule has 0 saturated carbocycles. The standard InChI is InChI=1S/C20H37N7O/c1-5-28-11-7-10-21-20(22-14-19-25-24-15(2)26(19)3)23-16-12-17-8-6-9-18(13-16)27(17)4/h16-18H,5-14H2,1-4H3,(H2,21,22,23). The predicted molar refractivity (Wildman–Crippen MR) is 111 cm³/mol. The summed E-state index contributed by atoms with van der Waals surface area (Å²) in [6, 6.07) is 1.88. The first-order valence-corrected chi connectivity index (χ1v) is 10.8. The largest absolute Gasteiger partial charge is 0.382 e. The van der Waals surface area contributed by atoms with Gasteiger partial charge in [0.05, 0.1) is 0 Å².